The maximum atomic E-state index is 11.3. The average molecular weight is 378 g/mol. The maximum Gasteiger partial charge on any atom is 0.320 e. The number of hydrogen-bond donors (Lipinski definition) is 1. The van der Waals surface area contributed by atoms with Crippen LogP contribution < -0.4 is 4.74 Å². The van der Waals surface area contributed by atoms with Gasteiger partial charge in [-0.3, -0.25) is 9.69 Å². The van der Waals surface area contributed by atoms with Gasteiger partial charge in [-0.05, 0) is 37.1 Å². The first-order valence-corrected chi connectivity index (χ1v) is 9.38. The van der Waals surface area contributed by atoms with E-state index in [2.05, 4.69) is 5.16 Å². The molecule has 1 atom stereocenters. The van der Waals surface area contributed by atoms with Crippen LogP contribution in [0.4, 0.5) is 0 Å². The zero-order valence-corrected chi connectivity index (χ0v) is 15.5. The van der Waals surface area contributed by atoms with E-state index in [-0.39, 0.29) is 6.04 Å². The highest BCUT2D eigenvalue weighted by Gasteiger charge is 2.30. The number of nitrogens with zero attached hydrogens (tertiary/aromatic N) is 2. The quantitative estimate of drug-likeness (QED) is 0.670. The van der Waals surface area contributed by atoms with Crippen molar-refractivity contribution in [3.63, 3.8) is 0 Å². The van der Waals surface area contributed by atoms with Gasteiger partial charge >= 0.3 is 5.97 Å². The zero-order valence-electron chi connectivity index (χ0n) is 15.5. The Labute approximate surface area is 163 Å². The second-order valence-electron chi connectivity index (χ2n) is 6.94. The lowest BCUT2D eigenvalue weighted by molar-refractivity contribution is -0.142. The van der Waals surface area contributed by atoms with Gasteiger partial charge in [0, 0.05) is 18.2 Å². The van der Waals surface area contributed by atoms with Crippen LogP contribution in [0, 0.1) is 0 Å². The number of ether oxygens (including phenoxy) is 1. The number of likely N-dealkylation sites (tertiary alicyclic amines) is 1. The minimum atomic E-state index is -0.737. The van der Waals surface area contributed by atoms with Crippen molar-refractivity contribution in [2.75, 3.05) is 6.54 Å². The smallest absolute Gasteiger partial charge is 0.320 e. The molecule has 4 rings (SSSR count). The summed E-state index contributed by atoms with van der Waals surface area (Å²) in [4.78, 5) is 13.3. The molecule has 1 aliphatic heterocycles. The predicted octanol–water partition coefficient (Wildman–Crippen LogP) is 3.97. The van der Waals surface area contributed by atoms with E-state index in [9.17, 15) is 9.90 Å². The third-order valence-corrected chi connectivity index (χ3v) is 4.97. The van der Waals surface area contributed by atoms with Crippen LogP contribution in [0.15, 0.2) is 65.2 Å². The molecular weight excluding hydrogens is 356 g/mol. The molecule has 2 aromatic carbocycles. The van der Waals surface area contributed by atoms with E-state index in [0.717, 1.165) is 42.0 Å². The van der Waals surface area contributed by atoms with Gasteiger partial charge in [0.15, 0.2) is 5.76 Å². The fourth-order valence-corrected chi connectivity index (χ4v) is 3.50. The first-order chi connectivity index (χ1) is 13.7. The minimum Gasteiger partial charge on any atom is -0.486 e. The van der Waals surface area contributed by atoms with Gasteiger partial charge in [0.05, 0.1) is 0 Å². The molecule has 1 saturated heterocycles. The van der Waals surface area contributed by atoms with Gasteiger partial charge in [0.1, 0.15) is 24.1 Å². The molecular formula is C22H22N2O4. The first kappa shape index (κ1) is 18.3. The molecule has 28 heavy (non-hydrogen) atoms. The van der Waals surface area contributed by atoms with Gasteiger partial charge in [0.2, 0.25) is 0 Å². The van der Waals surface area contributed by atoms with E-state index in [0.29, 0.717) is 18.9 Å². The Hall–Kier alpha value is -3.12. The van der Waals surface area contributed by atoms with E-state index in [1.807, 2.05) is 65.6 Å². The molecule has 0 amide bonds. The molecule has 6 heteroatoms. The van der Waals surface area contributed by atoms with E-state index in [1.54, 1.807) is 0 Å². The standard InChI is InChI=1S/C22H22N2O4/c25-22(26)21-7-4-12-24(21)14-16-8-10-18(11-9-16)27-15-19-13-20(23-28-19)17-5-2-1-3-6-17/h1-3,5-6,8-11,13,21H,4,7,12,14-15H2,(H,25,26)/t21-/m0/s1. The van der Waals surface area contributed by atoms with Crippen molar-refractivity contribution in [2.24, 2.45) is 0 Å². The average Bonchev–Trinajstić information content (AvgIpc) is 3.38. The Kier molecular flexibility index (Phi) is 5.39. The van der Waals surface area contributed by atoms with Crippen molar-refractivity contribution in [1.82, 2.24) is 10.1 Å². The number of carbonyl (C=O) groups is 1. The van der Waals surface area contributed by atoms with E-state index in [1.165, 1.54) is 0 Å². The van der Waals surface area contributed by atoms with Crippen LogP contribution in [0.3, 0.4) is 0 Å². The molecule has 0 radical (unpaired) electrons. The van der Waals surface area contributed by atoms with Crippen molar-refractivity contribution in [1.29, 1.82) is 0 Å². The van der Waals surface area contributed by atoms with Crippen molar-refractivity contribution < 1.29 is 19.2 Å². The number of hydrogen-bond acceptors (Lipinski definition) is 5. The summed E-state index contributed by atoms with van der Waals surface area (Å²) in [6.45, 7) is 1.76. The molecule has 0 unspecified atom stereocenters. The van der Waals surface area contributed by atoms with Gasteiger partial charge < -0.3 is 14.4 Å². The molecule has 6 nitrogen and oxygen atoms in total. The van der Waals surface area contributed by atoms with Crippen LogP contribution in [0.25, 0.3) is 11.3 Å². The number of benzene rings is 2. The summed E-state index contributed by atoms with van der Waals surface area (Å²) in [6, 6.07) is 19.1. The lowest BCUT2D eigenvalue weighted by atomic mass is 10.1. The molecule has 144 valence electrons. The summed E-state index contributed by atoms with van der Waals surface area (Å²) in [5.41, 5.74) is 2.86. The van der Waals surface area contributed by atoms with Crippen molar-refractivity contribution >= 4 is 5.97 Å². The van der Waals surface area contributed by atoms with Crippen LogP contribution in [0.2, 0.25) is 0 Å². The monoisotopic (exact) mass is 378 g/mol. The highest BCUT2D eigenvalue weighted by Crippen LogP contribution is 2.23. The van der Waals surface area contributed by atoms with E-state index < -0.39 is 5.97 Å². The van der Waals surface area contributed by atoms with Crippen LogP contribution in [-0.2, 0) is 17.9 Å². The molecule has 3 aromatic rings. The first-order valence-electron chi connectivity index (χ1n) is 9.38. The highest BCUT2D eigenvalue weighted by atomic mass is 16.5. The number of carboxylic acids is 1. The maximum absolute atomic E-state index is 11.3. The Morgan fingerprint density at radius 2 is 1.96 bits per heavy atom. The minimum absolute atomic E-state index is 0.298. The number of aromatic nitrogens is 1. The lowest BCUT2D eigenvalue weighted by Crippen LogP contribution is -2.35. The molecule has 1 fully saturated rings. The second kappa shape index (κ2) is 8.27. The van der Waals surface area contributed by atoms with Crippen molar-refractivity contribution in [3.8, 4) is 17.0 Å². The molecule has 0 spiro atoms. The van der Waals surface area contributed by atoms with Gasteiger partial charge in [-0.2, -0.15) is 0 Å². The lowest BCUT2D eigenvalue weighted by Gasteiger charge is -2.21. The van der Waals surface area contributed by atoms with Crippen LogP contribution >= 0.6 is 0 Å². The van der Waals surface area contributed by atoms with Crippen LogP contribution in [-0.4, -0.2) is 33.7 Å². The molecule has 1 aromatic heterocycles. The largest absolute Gasteiger partial charge is 0.486 e. The van der Waals surface area contributed by atoms with Crippen molar-refractivity contribution in [3.05, 3.63) is 72.0 Å². The Balaban J connectivity index is 1.33. The molecule has 1 N–H and O–H groups in total. The summed E-state index contributed by atoms with van der Waals surface area (Å²) in [6.07, 6.45) is 1.65. The highest BCUT2D eigenvalue weighted by molar-refractivity contribution is 5.73. The number of rotatable bonds is 7. The summed E-state index contributed by atoms with van der Waals surface area (Å²) in [5, 5.41) is 13.4. The van der Waals surface area contributed by atoms with Gasteiger partial charge in [0.25, 0.3) is 0 Å². The normalized spacial score (nSPS) is 16.9. The van der Waals surface area contributed by atoms with Crippen LogP contribution in [0.1, 0.15) is 24.2 Å². The van der Waals surface area contributed by atoms with E-state index in [4.69, 9.17) is 9.26 Å². The predicted molar refractivity (Wildman–Crippen MR) is 104 cm³/mol. The summed E-state index contributed by atoms with van der Waals surface area (Å²) in [5.74, 6) is 0.654. The summed E-state index contributed by atoms with van der Waals surface area (Å²) in [7, 11) is 0. The third-order valence-electron chi connectivity index (χ3n) is 4.97. The van der Waals surface area contributed by atoms with Crippen LogP contribution in [0.5, 0.6) is 5.75 Å². The Morgan fingerprint density at radius 3 is 2.71 bits per heavy atom. The number of carboxylic acid groups (broad SMARTS) is 1. The SMILES string of the molecule is O=C(O)[C@@H]1CCCN1Cc1ccc(OCc2cc(-c3ccccc3)no2)cc1. The summed E-state index contributed by atoms with van der Waals surface area (Å²) < 4.78 is 11.1. The fourth-order valence-electron chi connectivity index (χ4n) is 3.50. The molecule has 2 heterocycles. The zero-order chi connectivity index (χ0) is 19.3. The molecule has 0 saturated carbocycles. The molecule has 0 bridgehead atoms. The molecule has 1 aliphatic rings. The topological polar surface area (TPSA) is 75.8 Å². The fraction of sp³-hybridized carbons (Fsp3) is 0.273. The second-order valence-corrected chi connectivity index (χ2v) is 6.94. The Bertz CT molecular complexity index is 921. The van der Waals surface area contributed by atoms with E-state index >= 15 is 0 Å². The Morgan fingerprint density at radius 1 is 1.18 bits per heavy atom. The van der Waals surface area contributed by atoms with Crippen molar-refractivity contribution in [2.45, 2.75) is 32.0 Å². The number of aliphatic carboxylic acids is 1. The van der Waals surface area contributed by atoms with Gasteiger partial charge in [-0.25, -0.2) is 0 Å². The third kappa shape index (κ3) is 4.23. The molecule has 0 aliphatic carbocycles. The van der Waals surface area contributed by atoms with Gasteiger partial charge in [-0.1, -0.05) is 47.6 Å². The van der Waals surface area contributed by atoms with Gasteiger partial charge in [-0.15, -0.1) is 0 Å². The summed E-state index contributed by atoms with van der Waals surface area (Å²) >= 11 is 0.